The third-order valence-electron chi connectivity index (χ3n) is 2.12. The quantitative estimate of drug-likeness (QED) is 0.451. The van der Waals surface area contributed by atoms with E-state index in [0.29, 0.717) is 5.96 Å². The van der Waals surface area contributed by atoms with Crippen molar-refractivity contribution in [3.8, 4) is 0 Å². The lowest BCUT2D eigenvalue weighted by Crippen LogP contribution is -2.22. The Hall–Kier alpha value is -1.51. The summed E-state index contributed by atoms with van der Waals surface area (Å²) in [6.45, 7) is 4.99. The molecule has 1 rings (SSSR count). The fourth-order valence-corrected chi connectivity index (χ4v) is 1.18. The SMILES string of the molecule is CCCCN=C(N)Nc1ccc(C)cc1. The molecule has 3 heteroatoms. The second-order valence-corrected chi connectivity index (χ2v) is 3.61. The summed E-state index contributed by atoms with van der Waals surface area (Å²) in [5.41, 5.74) is 7.95. The molecule has 0 saturated heterocycles. The van der Waals surface area contributed by atoms with E-state index < -0.39 is 0 Å². The lowest BCUT2D eigenvalue weighted by atomic mass is 10.2. The Morgan fingerprint density at radius 3 is 2.60 bits per heavy atom. The second kappa shape index (κ2) is 6.06. The van der Waals surface area contributed by atoms with Crippen LogP contribution in [0.3, 0.4) is 0 Å². The molecule has 0 atom stereocenters. The van der Waals surface area contributed by atoms with Crippen molar-refractivity contribution >= 4 is 11.6 Å². The maximum Gasteiger partial charge on any atom is 0.193 e. The van der Waals surface area contributed by atoms with Gasteiger partial charge in [0.1, 0.15) is 0 Å². The highest BCUT2D eigenvalue weighted by molar-refractivity contribution is 5.92. The molecule has 0 aliphatic heterocycles. The Balaban J connectivity index is 2.47. The number of hydrogen-bond donors (Lipinski definition) is 2. The number of guanidine groups is 1. The van der Waals surface area contributed by atoms with Gasteiger partial charge in [-0.25, -0.2) is 0 Å². The molecule has 0 amide bonds. The molecule has 0 unspecified atom stereocenters. The van der Waals surface area contributed by atoms with Crippen molar-refractivity contribution < 1.29 is 0 Å². The molecule has 0 saturated carbocycles. The molecule has 0 aliphatic carbocycles. The van der Waals surface area contributed by atoms with Gasteiger partial charge in [-0.15, -0.1) is 0 Å². The van der Waals surface area contributed by atoms with Crippen molar-refractivity contribution in [3.05, 3.63) is 29.8 Å². The zero-order valence-electron chi connectivity index (χ0n) is 9.46. The number of nitrogens with one attached hydrogen (secondary N) is 1. The lowest BCUT2D eigenvalue weighted by molar-refractivity contribution is 0.807. The van der Waals surface area contributed by atoms with Crippen molar-refractivity contribution in [2.24, 2.45) is 10.7 Å². The Kier molecular flexibility index (Phi) is 4.68. The van der Waals surface area contributed by atoms with Crippen LogP contribution in [0, 0.1) is 6.92 Å². The van der Waals surface area contributed by atoms with E-state index >= 15 is 0 Å². The van der Waals surface area contributed by atoms with E-state index in [-0.39, 0.29) is 0 Å². The van der Waals surface area contributed by atoms with Gasteiger partial charge in [0.2, 0.25) is 0 Å². The number of anilines is 1. The zero-order chi connectivity index (χ0) is 11.1. The van der Waals surface area contributed by atoms with Crippen molar-refractivity contribution in [2.45, 2.75) is 26.7 Å². The van der Waals surface area contributed by atoms with E-state index in [1.807, 2.05) is 24.3 Å². The summed E-state index contributed by atoms with van der Waals surface area (Å²) in [4.78, 5) is 4.21. The number of aliphatic imine (C=N–C) groups is 1. The Morgan fingerprint density at radius 1 is 1.33 bits per heavy atom. The topological polar surface area (TPSA) is 50.4 Å². The number of unbranched alkanes of at least 4 members (excludes halogenated alkanes) is 1. The van der Waals surface area contributed by atoms with Crippen LogP contribution in [-0.2, 0) is 0 Å². The normalized spacial score (nSPS) is 11.5. The maximum absolute atomic E-state index is 5.72. The van der Waals surface area contributed by atoms with Crippen molar-refractivity contribution in [1.82, 2.24) is 0 Å². The van der Waals surface area contributed by atoms with Crippen LogP contribution in [0.2, 0.25) is 0 Å². The monoisotopic (exact) mass is 205 g/mol. The van der Waals surface area contributed by atoms with Crippen LogP contribution in [-0.4, -0.2) is 12.5 Å². The van der Waals surface area contributed by atoms with Gasteiger partial charge in [0.15, 0.2) is 5.96 Å². The van der Waals surface area contributed by atoms with Gasteiger partial charge in [0.25, 0.3) is 0 Å². The molecule has 15 heavy (non-hydrogen) atoms. The molecule has 0 radical (unpaired) electrons. The van der Waals surface area contributed by atoms with Crippen LogP contribution < -0.4 is 11.1 Å². The van der Waals surface area contributed by atoms with Gasteiger partial charge in [-0.05, 0) is 25.5 Å². The standard InChI is InChI=1S/C12H19N3/c1-3-4-9-14-12(13)15-11-7-5-10(2)6-8-11/h5-8H,3-4,9H2,1-2H3,(H3,13,14,15). The first kappa shape index (κ1) is 11.6. The van der Waals surface area contributed by atoms with E-state index in [4.69, 9.17) is 5.73 Å². The molecule has 0 aromatic heterocycles. The molecule has 1 aromatic carbocycles. The fourth-order valence-electron chi connectivity index (χ4n) is 1.18. The molecule has 3 nitrogen and oxygen atoms in total. The first-order chi connectivity index (χ1) is 7.22. The molecule has 82 valence electrons. The summed E-state index contributed by atoms with van der Waals surface area (Å²) < 4.78 is 0. The Labute approximate surface area is 91.4 Å². The Bertz CT molecular complexity index is 314. The summed E-state index contributed by atoms with van der Waals surface area (Å²) in [5, 5.41) is 3.06. The van der Waals surface area contributed by atoms with Crippen LogP contribution in [0.5, 0.6) is 0 Å². The molecular weight excluding hydrogens is 186 g/mol. The summed E-state index contributed by atoms with van der Waals surface area (Å²) in [5.74, 6) is 0.493. The van der Waals surface area contributed by atoms with E-state index in [9.17, 15) is 0 Å². The molecule has 0 aliphatic rings. The smallest absolute Gasteiger partial charge is 0.193 e. The highest BCUT2D eigenvalue weighted by Crippen LogP contribution is 2.07. The van der Waals surface area contributed by atoms with E-state index in [1.54, 1.807) is 0 Å². The average molecular weight is 205 g/mol. The highest BCUT2D eigenvalue weighted by Gasteiger charge is 1.93. The van der Waals surface area contributed by atoms with Crippen LogP contribution in [0.25, 0.3) is 0 Å². The molecule has 0 heterocycles. The van der Waals surface area contributed by atoms with Crippen molar-refractivity contribution in [3.63, 3.8) is 0 Å². The molecule has 3 N–H and O–H groups in total. The van der Waals surface area contributed by atoms with E-state index in [1.165, 1.54) is 5.56 Å². The largest absolute Gasteiger partial charge is 0.370 e. The Morgan fingerprint density at radius 2 is 2.00 bits per heavy atom. The number of hydrogen-bond acceptors (Lipinski definition) is 1. The van der Waals surface area contributed by atoms with Crippen LogP contribution in [0.4, 0.5) is 5.69 Å². The first-order valence-electron chi connectivity index (χ1n) is 5.36. The maximum atomic E-state index is 5.72. The number of nitrogens with zero attached hydrogens (tertiary/aromatic N) is 1. The van der Waals surface area contributed by atoms with Crippen LogP contribution in [0.1, 0.15) is 25.3 Å². The first-order valence-corrected chi connectivity index (χ1v) is 5.36. The summed E-state index contributed by atoms with van der Waals surface area (Å²) in [7, 11) is 0. The average Bonchev–Trinajstić information content (AvgIpc) is 2.22. The third-order valence-corrected chi connectivity index (χ3v) is 2.12. The number of nitrogens with two attached hydrogens (primary N) is 1. The number of benzene rings is 1. The van der Waals surface area contributed by atoms with Crippen molar-refractivity contribution in [2.75, 3.05) is 11.9 Å². The van der Waals surface area contributed by atoms with Gasteiger partial charge in [0.05, 0.1) is 0 Å². The van der Waals surface area contributed by atoms with Gasteiger partial charge in [-0.3, -0.25) is 4.99 Å². The van der Waals surface area contributed by atoms with Gasteiger partial charge in [0, 0.05) is 12.2 Å². The minimum atomic E-state index is 0.493. The fraction of sp³-hybridized carbons (Fsp3) is 0.417. The second-order valence-electron chi connectivity index (χ2n) is 3.61. The summed E-state index contributed by atoms with van der Waals surface area (Å²) >= 11 is 0. The minimum absolute atomic E-state index is 0.493. The van der Waals surface area contributed by atoms with E-state index in [2.05, 4.69) is 24.2 Å². The molecule has 0 fully saturated rings. The molecule has 1 aromatic rings. The molecular formula is C12H19N3. The zero-order valence-corrected chi connectivity index (χ0v) is 9.46. The van der Waals surface area contributed by atoms with Crippen LogP contribution in [0.15, 0.2) is 29.3 Å². The van der Waals surface area contributed by atoms with Crippen molar-refractivity contribution in [1.29, 1.82) is 0 Å². The predicted molar refractivity (Wildman–Crippen MR) is 66.2 cm³/mol. The predicted octanol–water partition coefficient (Wildman–Crippen LogP) is 2.52. The van der Waals surface area contributed by atoms with Crippen LogP contribution >= 0.6 is 0 Å². The number of rotatable bonds is 4. The molecule has 0 bridgehead atoms. The molecule has 0 spiro atoms. The highest BCUT2D eigenvalue weighted by atomic mass is 15.1. The van der Waals surface area contributed by atoms with Gasteiger partial charge in [-0.1, -0.05) is 31.0 Å². The number of aryl methyl sites for hydroxylation is 1. The lowest BCUT2D eigenvalue weighted by Gasteiger charge is -2.05. The summed E-state index contributed by atoms with van der Waals surface area (Å²) in [6, 6.07) is 8.08. The van der Waals surface area contributed by atoms with Gasteiger partial charge >= 0.3 is 0 Å². The summed E-state index contributed by atoms with van der Waals surface area (Å²) in [6.07, 6.45) is 2.22. The van der Waals surface area contributed by atoms with Gasteiger partial charge < -0.3 is 11.1 Å². The minimum Gasteiger partial charge on any atom is -0.370 e. The van der Waals surface area contributed by atoms with Gasteiger partial charge in [-0.2, -0.15) is 0 Å². The third kappa shape index (κ3) is 4.49. The van der Waals surface area contributed by atoms with E-state index in [0.717, 1.165) is 25.1 Å².